The number of alkyl halides is 8. The number of rotatable bonds is 13. The van der Waals surface area contributed by atoms with Crippen molar-refractivity contribution in [3.63, 3.8) is 0 Å². The smallest absolute Gasteiger partial charge is 0.380 e. The fourth-order valence-corrected chi connectivity index (χ4v) is 1.88. The molecule has 0 fully saturated rings. The van der Waals surface area contributed by atoms with Crippen LogP contribution in [0.5, 0.6) is 0 Å². The van der Waals surface area contributed by atoms with Crippen molar-refractivity contribution < 1.29 is 50.1 Å². The van der Waals surface area contributed by atoms with Crippen molar-refractivity contribution in [2.75, 3.05) is 26.4 Å². The van der Waals surface area contributed by atoms with Gasteiger partial charge < -0.3 is 14.9 Å². The van der Waals surface area contributed by atoms with Crippen LogP contribution in [0.2, 0.25) is 0 Å². The molecule has 0 saturated heterocycles. The molecule has 0 aromatic rings. The lowest BCUT2D eigenvalue weighted by Gasteiger charge is -2.37. The minimum atomic E-state index is -6.42. The maximum absolute atomic E-state index is 13.5. The van der Waals surface area contributed by atoms with Crippen molar-refractivity contribution in [3.8, 4) is 0 Å². The maximum atomic E-state index is 13.5. The number of hydrogen-bond acceptors (Lipinski definition) is 3. The average Bonchev–Trinajstić information content (AvgIpc) is 2.51. The lowest BCUT2D eigenvalue weighted by Crippen LogP contribution is -2.63. The van der Waals surface area contributed by atoms with Crippen LogP contribution >= 0.6 is 0 Å². The van der Waals surface area contributed by atoms with Gasteiger partial charge in [-0.3, -0.25) is 0 Å². The minimum absolute atomic E-state index is 0.222. The van der Waals surface area contributed by atoms with E-state index in [1.807, 2.05) is 0 Å². The summed E-state index contributed by atoms with van der Waals surface area (Å²) in [4.78, 5) is 0. The van der Waals surface area contributed by atoms with Gasteiger partial charge in [-0.15, -0.1) is 0 Å². The summed E-state index contributed by atoms with van der Waals surface area (Å²) in [6.45, 7) is -3.19. The van der Waals surface area contributed by atoms with E-state index in [1.54, 1.807) is 6.92 Å². The molecule has 0 saturated carbocycles. The lowest BCUT2D eigenvalue weighted by molar-refractivity contribution is -0.374. The molecule has 0 aromatic heterocycles. The summed E-state index contributed by atoms with van der Waals surface area (Å²) >= 11 is 0. The Morgan fingerprint density at radius 2 is 1.28 bits per heavy atom. The molecule has 0 aliphatic carbocycles. The Bertz CT molecular complexity index is 386. The zero-order chi connectivity index (χ0) is 19.9. The molecule has 0 aromatic carbocycles. The molecule has 2 N–H and O–H groups in total. The topological polar surface area (TPSA) is 49.7 Å². The standard InChI is InChI=1S/C14H22F8O3/c1-2-3-4-5-25-9-12(17,18)14(21,22)13(19,20)11(15,16)6-10(7-23)8-24/h10,23-24H,2-9H2,1H3. The normalized spacial score (nSPS) is 14.4. The molecule has 0 amide bonds. The van der Waals surface area contributed by atoms with E-state index in [0.29, 0.717) is 12.8 Å². The Hall–Kier alpha value is -0.680. The third-order valence-corrected chi connectivity index (χ3v) is 3.55. The quantitative estimate of drug-likeness (QED) is 0.372. The van der Waals surface area contributed by atoms with Gasteiger partial charge in [0.1, 0.15) is 6.61 Å². The summed E-state index contributed by atoms with van der Waals surface area (Å²) in [5.41, 5.74) is 0. The number of aliphatic hydroxyl groups excluding tert-OH is 2. The first-order valence-corrected chi connectivity index (χ1v) is 7.61. The Labute approximate surface area is 140 Å². The molecule has 25 heavy (non-hydrogen) atoms. The fourth-order valence-electron chi connectivity index (χ4n) is 1.88. The van der Waals surface area contributed by atoms with Gasteiger partial charge in [0.25, 0.3) is 0 Å². The molecule has 0 radical (unpaired) electrons. The van der Waals surface area contributed by atoms with Gasteiger partial charge in [0.05, 0.1) is 0 Å². The summed E-state index contributed by atoms with van der Waals surface area (Å²) < 4.78 is 112. The highest BCUT2D eigenvalue weighted by Gasteiger charge is 2.80. The molecule has 152 valence electrons. The van der Waals surface area contributed by atoms with Crippen molar-refractivity contribution in [2.45, 2.75) is 56.3 Å². The van der Waals surface area contributed by atoms with Gasteiger partial charge in [0, 0.05) is 32.2 Å². The average molecular weight is 390 g/mol. The molecule has 0 aliphatic heterocycles. The zero-order valence-corrected chi connectivity index (χ0v) is 13.6. The number of hydrogen-bond donors (Lipinski definition) is 2. The Kier molecular flexibility index (Phi) is 9.06. The van der Waals surface area contributed by atoms with Crippen LogP contribution in [-0.2, 0) is 4.74 Å². The third-order valence-electron chi connectivity index (χ3n) is 3.55. The van der Waals surface area contributed by atoms with Crippen LogP contribution < -0.4 is 0 Å². The second-order valence-electron chi connectivity index (χ2n) is 5.75. The fraction of sp³-hybridized carbons (Fsp3) is 1.00. The molecule has 11 heteroatoms. The van der Waals surface area contributed by atoms with Crippen LogP contribution in [0.3, 0.4) is 0 Å². The van der Waals surface area contributed by atoms with Crippen LogP contribution in [0.15, 0.2) is 0 Å². The summed E-state index contributed by atoms with van der Waals surface area (Å²) in [6, 6.07) is 0. The highest BCUT2D eigenvalue weighted by molar-refractivity contribution is 5.04. The predicted molar refractivity (Wildman–Crippen MR) is 72.4 cm³/mol. The third kappa shape index (κ3) is 5.65. The second kappa shape index (κ2) is 9.31. The van der Waals surface area contributed by atoms with Crippen molar-refractivity contribution in [2.24, 2.45) is 5.92 Å². The van der Waals surface area contributed by atoms with Gasteiger partial charge in [-0.25, -0.2) is 0 Å². The van der Waals surface area contributed by atoms with E-state index in [1.165, 1.54) is 0 Å². The van der Waals surface area contributed by atoms with Crippen molar-refractivity contribution >= 4 is 0 Å². The highest BCUT2D eigenvalue weighted by atomic mass is 19.4. The lowest BCUT2D eigenvalue weighted by atomic mass is 9.92. The van der Waals surface area contributed by atoms with Crippen LogP contribution in [0.4, 0.5) is 35.1 Å². The molecule has 0 atom stereocenters. The van der Waals surface area contributed by atoms with Crippen molar-refractivity contribution in [3.05, 3.63) is 0 Å². The molecule has 3 nitrogen and oxygen atoms in total. The Balaban J connectivity index is 5.20. The van der Waals surface area contributed by atoms with Crippen LogP contribution in [0.1, 0.15) is 32.6 Å². The van der Waals surface area contributed by atoms with Gasteiger partial charge in [0.2, 0.25) is 0 Å². The van der Waals surface area contributed by atoms with Crippen LogP contribution in [0.25, 0.3) is 0 Å². The molecule has 0 spiro atoms. The van der Waals surface area contributed by atoms with Gasteiger partial charge in [-0.2, -0.15) is 35.1 Å². The maximum Gasteiger partial charge on any atom is 0.380 e. The highest BCUT2D eigenvalue weighted by Crippen LogP contribution is 2.54. The molecule has 0 aliphatic rings. The number of ether oxygens (including phenoxy) is 1. The van der Waals surface area contributed by atoms with E-state index in [9.17, 15) is 35.1 Å². The summed E-state index contributed by atoms with van der Waals surface area (Å²) in [5.74, 6) is -25.8. The Morgan fingerprint density at radius 3 is 1.72 bits per heavy atom. The van der Waals surface area contributed by atoms with E-state index in [2.05, 4.69) is 4.74 Å². The molecule has 0 unspecified atom stereocenters. The Morgan fingerprint density at radius 1 is 0.800 bits per heavy atom. The largest absolute Gasteiger partial charge is 0.396 e. The number of halogens is 8. The minimum Gasteiger partial charge on any atom is -0.396 e. The van der Waals surface area contributed by atoms with E-state index >= 15 is 0 Å². The van der Waals surface area contributed by atoms with Crippen molar-refractivity contribution in [1.29, 1.82) is 0 Å². The molecule has 0 bridgehead atoms. The SMILES string of the molecule is CCCCCOCC(F)(F)C(F)(F)C(F)(F)C(F)(F)CC(CO)CO. The van der Waals surface area contributed by atoms with Gasteiger partial charge >= 0.3 is 23.7 Å². The second-order valence-corrected chi connectivity index (χ2v) is 5.75. The monoisotopic (exact) mass is 390 g/mol. The predicted octanol–water partition coefficient (Wildman–Crippen LogP) is 3.73. The van der Waals surface area contributed by atoms with E-state index in [-0.39, 0.29) is 6.42 Å². The molecular formula is C14H22F8O3. The van der Waals surface area contributed by atoms with Crippen molar-refractivity contribution in [1.82, 2.24) is 0 Å². The number of unbranched alkanes of at least 4 members (excludes halogenated alkanes) is 2. The van der Waals surface area contributed by atoms with Gasteiger partial charge in [-0.05, 0) is 6.42 Å². The summed E-state index contributed by atoms with van der Waals surface area (Å²) in [5, 5.41) is 17.2. The number of aliphatic hydroxyl groups is 2. The summed E-state index contributed by atoms with van der Waals surface area (Å²) in [7, 11) is 0. The zero-order valence-electron chi connectivity index (χ0n) is 13.6. The first kappa shape index (κ1) is 24.3. The van der Waals surface area contributed by atoms with Gasteiger partial charge in [-0.1, -0.05) is 19.8 Å². The van der Waals surface area contributed by atoms with E-state index in [4.69, 9.17) is 10.2 Å². The molecule has 0 rings (SSSR count). The first-order valence-electron chi connectivity index (χ1n) is 7.61. The van der Waals surface area contributed by atoms with E-state index in [0.717, 1.165) is 0 Å². The van der Waals surface area contributed by atoms with Crippen LogP contribution in [0, 0.1) is 5.92 Å². The van der Waals surface area contributed by atoms with Gasteiger partial charge in [0.15, 0.2) is 0 Å². The molecule has 0 heterocycles. The van der Waals surface area contributed by atoms with E-state index < -0.39 is 62.5 Å². The summed E-state index contributed by atoms with van der Waals surface area (Å²) in [6.07, 6.45) is -0.674. The van der Waals surface area contributed by atoms with Crippen LogP contribution in [-0.4, -0.2) is 60.3 Å². The first-order chi connectivity index (χ1) is 11.3. The molecular weight excluding hydrogens is 368 g/mol.